The molecule has 0 N–H and O–H groups in total. The zero-order valence-corrected chi connectivity index (χ0v) is 28.9. The smallest absolute Gasteiger partial charge is 0.338 e. The SMILES string of the molecule is CCOC(=O)/C=C/CCC(C)OC1OC(C)C(O[Si](c2ccccc2)(c2ccccc2)C(C)(C)C)CC1OC(=O)c1ccccc1. The van der Waals surface area contributed by atoms with Gasteiger partial charge in [0.1, 0.15) is 0 Å². The van der Waals surface area contributed by atoms with Crippen molar-refractivity contribution in [2.75, 3.05) is 6.61 Å². The minimum Gasteiger partial charge on any atom is -0.463 e. The number of rotatable bonds is 13. The average Bonchev–Trinajstić information content (AvgIpc) is 3.04. The lowest BCUT2D eigenvalue weighted by Crippen LogP contribution is -2.69. The standard InChI is InChI=1S/C38H48O7Si/c1-7-41-35(39)26-18-17-19-28(2)42-37-34(44-36(40)30-20-11-8-12-21-30)27-33(29(3)43-37)45-46(38(4,5)6,31-22-13-9-14-23-31)32-24-15-10-16-25-32/h8-16,18,20-26,28-29,33-34,37H,7,17,19,27H2,1-6H3/b26-18+. The summed E-state index contributed by atoms with van der Waals surface area (Å²) in [4.78, 5) is 25.0. The van der Waals surface area contributed by atoms with Gasteiger partial charge in [-0.1, -0.05) is 106 Å². The van der Waals surface area contributed by atoms with Crippen LogP contribution in [0.15, 0.2) is 103 Å². The Balaban J connectivity index is 1.61. The molecule has 1 heterocycles. The monoisotopic (exact) mass is 644 g/mol. The number of carbonyl (C=O) groups is 2. The maximum atomic E-state index is 13.3. The Morgan fingerprint density at radius 1 is 0.913 bits per heavy atom. The van der Waals surface area contributed by atoms with Gasteiger partial charge in [-0.05, 0) is 61.2 Å². The fourth-order valence-electron chi connectivity index (χ4n) is 5.98. The molecule has 7 nitrogen and oxygen atoms in total. The lowest BCUT2D eigenvalue weighted by Gasteiger charge is -2.48. The van der Waals surface area contributed by atoms with E-state index in [1.807, 2.05) is 44.2 Å². The van der Waals surface area contributed by atoms with Crippen molar-refractivity contribution in [1.29, 1.82) is 0 Å². The van der Waals surface area contributed by atoms with Crippen LogP contribution in [0.3, 0.4) is 0 Å². The van der Waals surface area contributed by atoms with Gasteiger partial charge in [-0.3, -0.25) is 0 Å². The molecule has 0 aromatic heterocycles. The van der Waals surface area contributed by atoms with Gasteiger partial charge in [-0.2, -0.15) is 0 Å². The van der Waals surface area contributed by atoms with Crippen LogP contribution in [-0.2, 0) is 28.2 Å². The van der Waals surface area contributed by atoms with Crippen molar-refractivity contribution in [2.24, 2.45) is 0 Å². The van der Waals surface area contributed by atoms with Crippen molar-refractivity contribution in [3.8, 4) is 0 Å². The highest BCUT2D eigenvalue weighted by atomic mass is 28.4. The number of hydrogen-bond donors (Lipinski definition) is 0. The molecule has 1 saturated heterocycles. The third-order valence-electron chi connectivity index (χ3n) is 8.30. The molecule has 0 bridgehead atoms. The Morgan fingerprint density at radius 3 is 2.02 bits per heavy atom. The molecule has 46 heavy (non-hydrogen) atoms. The maximum absolute atomic E-state index is 13.3. The Hall–Kier alpha value is -3.56. The zero-order chi connectivity index (χ0) is 33.2. The second-order valence-electron chi connectivity index (χ2n) is 12.8. The molecule has 1 aliphatic heterocycles. The number of esters is 2. The van der Waals surface area contributed by atoms with Crippen LogP contribution in [0.4, 0.5) is 0 Å². The Morgan fingerprint density at radius 2 is 1.48 bits per heavy atom. The third kappa shape index (κ3) is 8.82. The molecular weight excluding hydrogens is 596 g/mol. The number of carbonyl (C=O) groups excluding carboxylic acids is 2. The molecule has 0 saturated carbocycles. The fraction of sp³-hybridized carbons (Fsp3) is 0.421. The summed E-state index contributed by atoms with van der Waals surface area (Å²) < 4.78 is 31.4. The van der Waals surface area contributed by atoms with Crippen LogP contribution in [0.1, 0.15) is 71.2 Å². The van der Waals surface area contributed by atoms with Crippen LogP contribution in [0.2, 0.25) is 5.04 Å². The van der Waals surface area contributed by atoms with Gasteiger partial charge in [0.2, 0.25) is 0 Å². The van der Waals surface area contributed by atoms with Crippen molar-refractivity contribution in [2.45, 2.75) is 96.5 Å². The largest absolute Gasteiger partial charge is 0.463 e. The lowest BCUT2D eigenvalue weighted by atomic mass is 10.0. The summed E-state index contributed by atoms with van der Waals surface area (Å²) in [5, 5.41) is 2.10. The molecular formula is C38H48O7Si. The number of ether oxygens (including phenoxy) is 4. The van der Waals surface area contributed by atoms with Crippen LogP contribution in [0.5, 0.6) is 0 Å². The molecule has 246 valence electrons. The van der Waals surface area contributed by atoms with Gasteiger partial charge in [0.15, 0.2) is 12.4 Å². The molecule has 3 aromatic carbocycles. The van der Waals surface area contributed by atoms with Crippen LogP contribution in [0.25, 0.3) is 0 Å². The van der Waals surface area contributed by atoms with Gasteiger partial charge >= 0.3 is 11.9 Å². The molecule has 5 atom stereocenters. The molecule has 0 spiro atoms. The topological polar surface area (TPSA) is 80.3 Å². The van der Waals surface area contributed by atoms with E-state index in [0.29, 0.717) is 31.4 Å². The van der Waals surface area contributed by atoms with E-state index in [1.165, 1.54) is 16.4 Å². The van der Waals surface area contributed by atoms with E-state index in [4.69, 9.17) is 23.4 Å². The Bertz CT molecular complexity index is 1370. The van der Waals surface area contributed by atoms with E-state index < -0.39 is 26.7 Å². The van der Waals surface area contributed by atoms with Gasteiger partial charge in [0, 0.05) is 12.5 Å². The first-order valence-electron chi connectivity index (χ1n) is 16.2. The highest BCUT2D eigenvalue weighted by Crippen LogP contribution is 2.40. The molecule has 0 amide bonds. The predicted octanol–water partition coefficient (Wildman–Crippen LogP) is 6.60. The number of hydrogen-bond acceptors (Lipinski definition) is 7. The van der Waals surface area contributed by atoms with Crippen molar-refractivity contribution in [1.82, 2.24) is 0 Å². The first-order chi connectivity index (χ1) is 22.0. The van der Waals surface area contributed by atoms with Crippen molar-refractivity contribution in [3.63, 3.8) is 0 Å². The van der Waals surface area contributed by atoms with E-state index in [1.54, 1.807) is 25.1 Å². The molecule has 0 radical (unpaired) electrons. The van der Waals surface area contributed by atoms with E-state index in [0.717, 1.165) is 0 Å². The van der Waals surface area contributed by atoms with E-state index in [-0.39, 0.29) is 29.3 Å². The van der Waals surface area contributed by atoms with Crippen LogP contribution in [-0.4, -0.2) is 57.6 Å². The third-order valence-corrected chi connectivity index (χ3v) is 13.4. The second kappa shape index (κ2) is 16.3. The summed E-state index contributed by atoms with van der Waals surface area (Å²) in [6.07, 6.45) is 2.46. The normalized spacial score (nSPS) is 21.1. The molecule has 4 rings (SSSR count). The van der Waals surface area contributed by atoms with Gasteiger partial charge in [0.05, 0.1) is 30.5 Å². The predicted molar refractivity (Wildman–Crippen MR) is 183 cm³/mol. The van der Waals surface area contributed by atoms with Crippen molar-refractivity contribution >= 4 is 30.6 Å². The summed E-state index contributed by atoms with van der Waals surface area (Å²) in [7, 11) is -2.91. The van der Waals surface area contributed by atoms with Crippen LogP contribution in [0, 0.1) is 0 Å². The van der Waals surface area contributed by atoms with Gasteiger partial charge in [-0.25, -0.2) is 9.59 Å². The maximum Gasteiger partial charge on any atom is 0.338 e. The molecule has 1 aliphatic rings. The van der Waals surface area contributed by atoms with Gasteiger partial charge in [0.25, 0.3) is 8.32 Å². The summed E-state index contributed by atoms with van der Waals surface area (Å²) >= 11 is 0. The molecule has 1 fully saturated rings. The quantitative estimate of drug-likeness (QED) is 0.118. The van der Waals surface area contributed by atoms with Gasteiger partial charge < -0.3 is 23.4 Å². The molecule has 5 unspecified atom stereocenters. The number of benzene rings is 3. The lowest BCUT2D eigenvalue weighted by molar-refractivity contribution is -0.270. The van der Waals surface area contributed by atoms with Crippen molar-refractivity contribution < 1.29 is 33.0 Å². The highest BCUT2D eigenvalue weighted by molar-refractivity contribution is 6.99. The average molecular weight is 645 g/mol. The molecule has 3 aromatic rings. The highest BCUT2D eigenvalue weighted by Gasteiger charge is 2.53. The second-order valence-corrected chi connectivity index (χ2v) is 17.0. The summed E-state index contributed by atoms with van der Waals surface area (Å²) in [5.74, 6) is -0.799. The summed E-state index contributed by atoms with van der Waals surface area (Å²) in [6, 6.07) is 29.9. The van der Waals surface area contributed by atoms with E-state index in [9.17, 15) is 9.59 Å². The fourth-order valence-corrected chi connectivity index (χ4v) is 10.7. The minimum atomic E-state index is -2.91. The molecule has 8 heteroatoms. The molecule has 0 aliphatic carbocycles. The Labute approximate surface area is 275 Å². The first kappa shape index (κ1) is 35.3. The Kier molecular flexibility index (Phi) is 12.5. The summed E-state index contributed by atoms with van der Waals surface area (Å²) in [5.41, 5.74) is 0.460. The summed E-state index contributed by atoms with van der Waals surface area (Å²) in [6.45, 7) is 12.8. The van der Waals surface area contributed by atoms with E-state index in [2.05, 4.69) is 69.3 Å². The van der Waals surface area contributed by atoms with Crippen molar-refractivity contribution in [3.05, 3.63) is 109 Å². The van der Waals surface area contributed by atoms with Gasteiger partial charge in [-0.15, -0.1) is 0 Å². The van der Waals surface area contributed by atoms with Crippen LogP contribution < -0.4 is 10.4 Å². The van der Waals surface area contributed by atoms with Crippen LogP contribution >= 0.6 is 0 Å². The zero-order valence-electron chi connectivity index (χ0n) is 27.9. The van der Waals surface area contributed by atoms with E-state index >= 15 is 0 Å². The first-order valence-corrected chi connectivity index (χ1v) is 18.1. The number of allylic oxidation sites excluding steroid dienone is 1. The minimum absolute atomic E-state index is 0.226.